The molecule has 0 unspecified atom stereocenters. The topological polar surface area (TPSA) is 29.5 Å². The Balaban J connectivity index is 2.10. The standard InChI is InChI=1S/C24H26Cl2F3NO2S/c1-23(2,3)33-14-19(12-24(27,28)29)30-20(31)13-32-22(16-5-4-6-18(26)11-16)21(30)15-7-9-17(25)10-8-15/h4-11,19,21-22H,12-14H2,1-3H3/t19-,21+,22+/m0/s1. The Kier molecular flexibility index (Phi) is 8.31. The van der Waals surface area contributed by atoms with Gasteiger partial charge < -0.3 is 9.64 Å². The Labute approximate surface area is 206 Å². The van der Waals surface area contributed by atoms with E-state index in [4.69, 9.17) is 27.9 Å². The third kappa shape index (κ3) is 7.28. The molecule has 3 nitrogen and oxygen atoms in total. The summed E-state index contributed by atoms with van der Waals surface area (Å²) in [6, 6.07) is 11.9. The number of ether oxygens (including phenoxy) is 1. The van der Waals surface area contributed by atoms with E-state index < -0.39 is 36.7 Å². The van der Waals surface area contributed by atoms with Crippen molar-refractivity contribution in [2.75, 3.05) is 12.4 Å². The smallest absolute Gasteiger partial charge is 0.361 e. The second kappa shape index (κ2) is 10.5. The van der Waals surface area contributed by atoms with Crippen molar-refractivity contribution in [3.63, 3.8) is 0 Å². The van der Waals surface area contributed by atoms with Crippen molar-refractivity contribution in [3.05, 3.63) is 69.7 Å². The predicted molar refractivity (Wildman–Crippen MR) is 128 cm³/mol. The van der Waals surface area contributed by atoms with E-state index in [0.717, 1.165) is 0 Å². The fraction of sp³-hybridized carbons (Fsp3) is 0.458. The molecule has 0 spiro atoms. The summed E-state index contributed by atoms with van der Waals surface area (Å²) < 4.78 is 46.6. The minimum absolute atomic E-state index is 0.140. The number of nitrogens with zero attached hydrogens (tertiary/aromatic N) is 1. The van der Waals surface area contributed by atoms with Gasteiger partial charge in [0, 0.05) is 20.5 Å². The molecule has 0 saturated carbocycles. The number of carbonyl (C=O) groups excluding carboxylic acids is 1. The lowest BCUT2D eigenvalue weighted by atomic mass is 9.91. The maximum absolute atomic E-state index is 13.6. The fourth-order valence-electron chi connectivity index (χ4n) is 3.87. The number of rotatable bonds is 6. The van der Waals surface area contributed by atoms with Crippen molar-refractivity contribution >= 4 is 40.9 Å². The van der Waals surface area contributed by atoms with Crippen molar-refractivity contribution in [1.82, 2.24) is 4.90 Å². The Hall–Kier alpha value is -1.41. The quantitative estimate of drug-likeness (QED) is 0.395. The highest BCUT2D eigenvalue weighted by molar-refractivity contribution is 8.00. The van der Waals surface area contributed by atoms with Crippen LogP contribution < -0.4 is 0 Å². The highest BCUT2D eigenvalue weighted by Gasteiger charge is 2.45. The van der Waals surface area contributed by atoms with Crippen molar-refractivity contribution < 1.29 is 22.7 Å². The molecule has 3 atom stereocenters. The van der Waals surface area contributed by atoms with Crippen LogP contribution in [0.2, 0.25) is 10.0 Å². The lowest BCUT2D eigenvalue weighted by Crippen LogP contribution is -2.53. The van der Waals surface area contributed by atoms with Gasteiger partial charge in [-0.15, -0.1) is 0 Å². The third-order valence-corrected chi connectivity index (χ3v) is 7.12. The summed E-state index contributed by atoms with van der Waals surface area (Å²) in [5.41, 5.74) is 1.33. The van der Waals surface area contributed by atoms with E-state index in [-0.39, 0.29) is 17.1 Å². The molecule has 0 aliphatic carbocycles. The predicted octanol–water partition coefficient (Wildman–Crippen LogP) is 7.49. The molecule has 1 aliphatic rings. The molecular weight excluding hydrogens is 494 g/mol. The molecule has 180 valence electrons. The number of thioether (sulfide) groups is 1. The first kappa shape index (κ1) is 26.2. The van der Waals surface area contributed by atoms with Crippen molar-refractivity contribution in [1.29, 1.82) is 0 Å². The number of amides is 1. The number of benzene rings is 2. The summed E-state index contributed by atoms with van der Waals surface area (Å²) in [6.45, 7) is 5.51. The zero-order valence-electron chi connectivity index (χ0n) is 18.5. The number of alkyl halides is 3. The average molecular weight is 520 g/mol. The van der Waals surface area contributed by atoms with Gasteiger partial charge in [-0.05, 0) is 35.4 Å². The zero-order chi connectivity index (χ0) is 24.4. The molecular formula is C24H26Cl2F3NO2S. The van der Waals surface area contributed by atoms with Crippen LogP contribution in [0.5, 0.6) is 0 Å². The molecule has 1 aliphatic heterocycles. The van der Waals surface area contributed by atoms with Crippen LogP contribution in [0.1, 0.15) is 50.5 Å². The fourth-order valence-corrected chi connectivity index (χ4v) is 5.16. The number of carbonyl (C=O) groups is 1. The summed E-state index contributed by atoms with van der Waals surface area (Å²) in [4.78, 5) is 14.5. The molecule has 2 aromatic carbocycles. The Morgan fingerprint density at radius 1 is 1.06 bits per heavy atom. The molecule has 1 saturated heterocycles. The summed E-state index contributed by atoms with van der Waals surface area (Å²) in [6.07, 6.45) is -6.22. The van der Waals surface area contributed by atoms with Crippen LogP contribution in [-0.4, -0.2) is 40.1 Å². The summed E-state index contributed by atoms with van der Waals surface area (Å²) in [5.74, 6) is -0.335. The highest BCUT2D eigenvalue weighted by atomic mass is 35.5. The molecule has 0 N–H and O–H groups in total. The molecule has 2 aromatic rings. The summed E-state index contributed by atoms with van der Waals surface area (Å²) in [5, 5.41) is 0.965. The highest BCUT2D eigenvalue weighted by Crippen LogP contribution is 2.44. The summed E-state index contributed by atoms with van der Waals surface area (Å²) in [7, 11) is 0. The first-order valence-corrected chi connectivity index (χ1v) is 12.2. The number of hydrogen-bond acceptors (Lipinski definition) is 3. The van der Waals surface area contributed by atoms with Gasteiger partial charge in [0.2, 0.25) is 5.91 Å². The molecule has 33 heavy (non-hydrogen) atoms. The molecule has 9 heteroatoms. The Morgan fingerprint density at radius 2 is 1.73 bits per heavy atom. The van der Waals surface area contributed by atoms with Gasteiger partial charge in [-0.25, -0.2) is 0 Å². The van der Waals surface area contributed by atoms with Gasteiger partial charge in [-0.1, -0.05) is 68.2 Å². The van der Waals surface area contributed by atoms with Gasteiger partial charge in [0.05, 0.1) is 18.5 Å². The first-order chi connectivity index (χ1) is 15.3. The van der Waals surface area contributed by atoms with E-state index in [9.17, 15) is 18.0 Å². The van der Waals surface area contributed by atoms with Crippen LogP contribution >= 0.6 is 35.0 Å². The number of morpholine rings is 1. The molecule has 1 heterocycles. The first-order valence-electron chi connectivity index (χ1n) is 10.5. The molecule has 3 rings (SSSR count). The monoisotopic (exact) mass is 519 g/mol. The molecule has 0 aromatic heterocycles. The van der Waals surface area contributed by atoms with Crippen LogP contribution in [0, 0.1) is 0 Å². The van der Waals surface area contributed by atoms with Crippen molar-refractivity contribution in [2.24, 2.45) is 0 Å². The van der Waals surface area contributed by atoms with Crippen LogP contribution in [0.3, 0.4) is 0 Å². The van der Waals surface area contributed by atoms with Gasteiger partial charge in [0.1, 0.15) is 12.7 Å². The number of hydrogen-bond donors (Lipinski definition) is 0. The van der Waals surface area contributed by atoms with E-state index in [2.05, 4.69) is 0 Å². The van der Waals surface area contributed by atoms with E-state index >= 15 is 0 Å². The van der Waals surface area contributed by atoms with Crippen LogP contribution in [0.15, 0.2) is 48.5 Å². The SMILES string of the molecule is CC(C)(C)SC[C@H](CC(F)(F)F)N1C(=O)CO[C@H](c2cccc(Cl)c2)[C@H]1c1ccc(Cl)cc1. The molecule has 1 fully saturated rings. The van der Waals surface area contributed by atoms with Crippen molar-refractivity contribution in [2.45, 2.75) is 56.3 Å². The molecule has 1 amide bonds. The Morgan fingerprint density at radius 3 is 2.30 bits per heavy atom. The van der Waals surface area contributed by atoms with Crippen LogP contribution in [0.4, 0.5) is 13.2 Å². The van der Waals surface area contributed by atoms with Gasteiger partial charge in [0.15, 0.2) is 0 Å². The van der Waals surface area contributed by atoms with E-state index in [1.165, 1.54) is 16.7 Å². The van der Waals surface area contributed by atoms with Crippen LogP contribution in [-0.2, 0) is 9.53 Å². The molecule has 0 bridgehead atoms. The minimum Gasteiger partial charge on any atom is -0.361 e. The van der Waals surface area contributed by atoms with E-state index in [0.29, 0.717) is 21.2 Å². The normalized spacial score (nSPS) is 20.7. The lowest BCUT2D eigenvalue weighted by Gasteiger charge is -2.46. The van der Waals surface area contributed by atoms with Gasteiger partial charge in [-0.2, -0.15) is 24.9 Å². The molecule has 0 radical (unpaired) electrons. The second-order valence-corrected chi connectivity index (χ2v) is 11.7. The third-order valence-electron chi connectivity index (χ3n) is 5.22. The van der Waals surface area contributed by atoms with E-state index in [1.54, 1.807) is 48.5 Å². The van der Waals surface area contributed by atoms with Crippen molar-refractivity contribution in [3.8, 4) is 0 Å². The Bertz CT molecular complexity index is 963. The summed E-state index contributed by atoms with van der Waals surface area (Å²) >= 11 is 13.6. The minimum atomic E-state index is -4.43. The van der Waals surface area contributed by atoms with E-state index in [1.807, 2.05) is 20.8 Å². The van der Waals surface area contributed by atoms with Gasteiger partial charge >= 0.3 is 6.18 Å². The largest absolute Gasteiger partial charge is 0.391 e. The maximum Gasteiger partial charge on any atom is 0.391 e. The average Bonchev–Trinajstić information content (AvgIpc) is 2.70. The zero-order valence-corrected chi connectivity index (χ0v) is 20.9. The number of halogens is 5. The second-order valence-electron chi connectivity index (χ2n) is 8.98. The van der Waals surface area contributed by atoms with Crippen LogP contribution in [0.25, 0.3) is 0 Å². The van der Waals surface area contributed by atoms with Gasteiger partial charge in [-0.3, -0.25) is 4.79 Å². The maximum atomic E-state index is 13.6. The lowest BCUT2D eigenvalue weighted by molar-refractivity contribution is -0.176. The van der Waals surface area contributed by atoms with Gasteiger partial charge in [0.25, 0.3) is 0 Å².